The Bertz CT molecular complexity index is 1100. The third-order valence-electron chi connectivity index (χ3n) is 6.51. The molecule has 0 saturated heterocycles. The molecule has 0 bridgehead atoms. The van der Waals surface area contributed by atoms with E-state index in [0.717, 1.165) is 29.6 Å². The Balaban J connectivity index is 1.24. The van der Waals surface area contributed by atoms with Gasteiger partial charge in [0.05, 0.1) is 6.20 Å². The van der Waals surface area contributed by atoms with Gasteiger partial charge in [-0.25, -0.2) is 10.1 Å². The Morgan fingerprint density at radius 1 is 1.13 bits per heavy atom. The van der Waals surface area contributed by atoms with Gasteiger partial charge in [-0.1, -0.05) is 35.5 Å². The lowest BCUT2D eigenvalue weighted by molar-refractivity contribution is 0.340. The molecule has 0 radical (unpaired) electrons. The fraction of sp³-hybridized carbons (Fsp3) is 0.391. The van der Waals surface area contributed by atoms with Crippen molar-refractivity contribution < 1.29 is 0 Å². The van der Waals surface area contributed by atoms with Gasteiger partial charge in [0.1, 0.15) is 11.3 Å². The number of H-pyrrole nitrogens is 2. The lowest BCUT2D eigenvalue weighted by Gasteiger charge is -2.30. The number of nitrogens with two attached hydrogens (primary N) is 1. The van der Waals surface area contributed by atoms with Crippen LogP contribution in [0.1, 0.15) is 60.6 Å². The van der Waals surface area contributed by atoms with E-state index in [1.54, 1.807) is 0 Å². The number of anilines is 1. The summed E-state index contributed by atoms with van der Waals surface area (Å²) in [5.41, 5.74) is 11.1. The largest absolute Gasteiger partial charge is 0.384 e. The van der Waals surface area contributed by atoms with Crippen LogP contribution >= 0.6 is 0 Å². The maximum absolute atomic E-state index is 6.06. The maximum Gasteiger partial charge on any atom is 0.178 e. The summed E-state index contributed by atoms with van der Waals surface area (Å²) in [6.07, 6.45) is 9.65. The molecule has 31 heavy (non-hydrogen) atoms. The van der Waals surface area contributed by atoms with E-state index in [2.05, 4.69) is 66.2 Å². The van der Waals surface area contributed by atoms with Crippen LogP contribution in [0.2, 0.25) is 0 Å². The monoisotopic (exact) mass is 416 g/mol. The van der Waals surface area contributed by atoms with Crippen molar-refractivity contribution in [1.82, 2.24) is 35.9 Å². The van der Waals surface area contributed by atoms with Gasteiger partial charge in [0.15, 0.2) is 5.65 Å². The minimum Gasteiger partial charge on any atom is -0.384 e. The molecule has 1 aromatic carbocycles. The molecule has 1 unspecified atom stereocenters. The highest BCUT2D eigenvalue weighted by molar-refractivity contribution is 5.77. The smallest absolute Gasteiger partial charge is 0.178 e. The number of nitrogens with one attached hydrogen (secondary N) is 3. The van der Waals surface area contributed by atoms with E-state index < -0.39 is 0 Å². The summed E-state index contributed by atoms with van der Waals surface area (Å²) in [5, 5.41) is 21.9. The van der Waals surface area contributed by atoms with E-state index in [-0.39, 0.29) is 5.92 Å². The fourth-order valence-electron chi connectivity index (χ4n) is 4.89. The third-order valence-corrected chi connectivity index (χ3v) is 6.51. The Morgan fingerprint density at radius 2 is 1.97 bits per heavy atom. The molecule has 8 nitrogen and oxygen atoms in total. The predicted octanol–water partition coefficient (Wildman–Crippen LogP) is 3.50. The number of aromatic amines is 2. The molecule has 0 aliphatic heterocycles. The van der Waals surface area contributed by atoms with Crippen LogP contribution in [0.4, 0.5) is 5.82 Å². The zero-order valence-corrected chi connectivity index (χ0v) is 17.5. The van der Waals surface area contributed by atoms with Crippen LogP contribution in [0, 0.1) is 0 Å². The second-order valence-corrected chi connectivity index (χ2v) is 8.43. The zero-order chi connectivity index (χ0) is 21.0. The van der Waals surface area contributed by atoms with Gasteiger partial charge in [0, 0.05) is 18.2 Å². The molecule has 0 spiro atoms. The minimum absolute atomic E-state index is 0.116. The van der Waals surface area contributed by atoms with Crippen LogP contribution in [0.25, 0.3) is 11.2 Å². The van der Waals surface area contributed by atoms with Crippen molar-refractivity contribution in [3.63, 3.8) is 0 Å². The molecule has 1 aliphatic rings. The Kier molecular flexibility index (Phi) is 5.62. The number of aromatic nitrogens is 6. The van der Waals surface area contributed by atoms with E-state index in [9.17, 15) is 0 Å². The lowest BCUT2D eigenvalue weighted by Crippen LogP contribution is -2.34. The molecule has 3 heterocycles. The van der Waals surface area contributed by atoms with Gasteiger partial charge < -0.3 is 11.1 Å². The van der Waals surface area contributed by atoms with Gasteiger partial charge in [-0.05, 0) is 67.3 Å². The molecule has 8 heteroatoms. The van der Waals surface area contributed by atoms with Gasteiger partial charge in [-0.2, -0.15) is 5.10 Å². The molecule has 4 aromatic rings. The molecule has 5 N–H and O–H groups in total. The van der Waals surface area contributed by atoms with Crippen molar-refractivity contribution in [2.75, 3.05) is 12.3 Å². The fourth-order valence-corrected chi connectivity index (χ4v) is 4.89. The van der Waals surface area contributed by atoms with Crippen molar-refractivity contribution >= 4 is 17.0 Å². The summed E-state index contributed by atoms with van der Waals surface area (Å²) >= 11 is 0. The van der Waals surface area contributed by atoms with Crippen LogP contribution in [0.5, 0.6) is 0 Å². The number of nitrogens with zero attached hydrogens (tertiary/aromatic N) is 4. The van der Waals surface area contributed by atoms with Crippen LogP contribution in [0.15, 0.2) is 48.8 Å². The second kappa shape index (κ2) is 8.85. The van der Waals surface area contributed by atoms with Crippen molar-refractivity contribution in [2.24, 2.45) is 0 Å². The van der Waals surface area contributed by atoms with Crippen LogP contribution in [-0.4, -0.2) is 43.2 Å². The molecule has 1 atom stereocenters. The molecule has 5 rings (SSSR count). The van der Waals surface area contributed by atoms with Gasteiger partial charge in [-0.15, -0.1) is 5.10 Å². The van der Waals surface area contributed by atoms with E-state index in [4.69, 9.17) is 5.73 Å². The SMILES string of the molecule is Nc1cc(C(CCNC2CCC(c3ccccc3)CC2)c2cn[nH]c2)c2nn[nH]c2n1. The third kappa shape index (κ3) is 4.29. The topological polar surface area (TPSA) is 121 Å². The number of hydrogen-bond acceptors (Lipinski definition) is 6. The van der Waals surface area contributed by atoms with Crippen LogP contribution < -0.4 is 11.1 Å². The van der Waals surface area contributed by atoms with Crippen molar-refractivity contribution in [2.45, 2.75) is 50.0 Å². The predicted molar refractivity (Wildman–Crippen MR) is 121 cm³/mol. The number of nitrogen functional groups attached to an aromatic ring is 1. The maximum atomic E-state index is 6.06. The average Bonchev–Trinajstić information content (AvgIpc) is 3.50. The van der Waals surface area contributed by atoms with E-state index in [1.807, 2.05) is 18.5 Å². The summed E-state index contributed by atoms with van der Waals surface area (Å²) in [6.45, 7) is 0.915. The summed E-state index contributed by atoms with van der Waals surface area (Å²) in [6, 6.07) is 13.4. The first-order valence-electron chi connectivity index (χ1n) is 11.0. The summed E-state index contributed by atoms with van der Waals surface area (Å²) in [7, 11) is 0. The van der Waals surface area contributed by atoms with E-state index in [0.29, 0.717) is 23.4 Å². The van der Waals surface area contributed by atoms with Gasteiger partial charge in [0.25, 0.3) is 0 Å². The molecule has 3 aromatic heterocycles. The lowest BCUT2D eigenvalue weighted by atomic mass is 9.81. The number of hydrogen-bond donors (Lipinski definition) is 4. The van der Waals surface area contributed by atoms with Gasteiger partial charge >= 0.3 is 0 Å². The Morgan fingerprint density at radius 3 is 2.74 bits per heavy atom. The summed E-state index contributed by atoms with van der Waals surface area (Å²) < 4.78 is 0. The Hall–Kier alpha value is -3.26. The molecule has 160 valence electrons. The number of fused-ring (bicyclic) bond motifs is 1. The summed E-state index contributed by atoms with van der Waals surface area (Å²) in [4.78, 5) is 4.30. The van der Waals surface area contributed by atoms with Crippen LogP contribution in [-0.2, 0) is 0 Å². The standard InChI is InChI=1S/C23H28N8/c24-21-12-20(22-23(28-21)30-31-29-22)19(17-13-26-27-14-17)10-11-25-18-8-6-16(7-9-18)15-4-2-1-3-5-15/h1-5,12-14,16,18-19,25H,6-11H2,(H,26,27)(H3,24,28,29,30,31). The molecule has 1 saturated carbocycles. The number of benzene rings is 1. The molecule has 1 fully saturated rings. The van der Waals surface area contributed by atoms with Crippen molar-refractivity contribution in [1.29, 1.82) is 0 Å². The average molecular weight is 417 g/mol. The number of pyridine rings is 1. The van der Waals surface area contributed by atoms with Gasteiger partial charge in [0.2, 0.25) is 0 Å². The van der Waals surface area contributed by atoms with E-state index >= 15 is 0 Å². The highest BCUT2D eigenvalue weighted by Gasteiger charge is 2.24. The first kappa shape index (κ1) is 19.7. The van der Waals surface area contributed by atoms with Gasteiger partial charge in [-0.3, -0.25) is 5.10 Å². The molecule has 0 amide bonds. The van der Waals surface area contributed by atoms with Crippen molar-refractivity contribution in [3.8, 4) is 0 Å². The minimum atomic E-state index is 0.116. The zero-order valence-electron chi connectivity index (χ0n) is 17.5. The summed E-state index contributed by atoms with van der Waals surface area (Å²) in [5.74, 6) is 1.28. The first-order valence-corrected chi connectivity index (χ1v) is 11.0. The molecular formula is C23H28N8. The Labute approximate surface area is 181 Å². The molecular weight excluding hydrogens is 388 g/mol. The van der Waals surface area contributed by atoms with Crippen molar-refractivity contribution in [3.05, 3.63) is 65.5 Å². The number of rotatable bonds is 7. The van der Waals surface area contributed by atoms with Crippen LogP contribution in [0.3, 0.4) is 0 Å². The quantitative estimate of drug-likeness (QED) is 0.366. The molecule has 1 aliphatic carbocycles. The second-order valence-electron chi connectivity index (χ2n) is 8.43. The highest BCUT2D eigenvalue weighted by atomic mass is 15.3. The highest BCUT2D eigenvalue weighted by Crippen LogP contribution is 2.34. The first-order chi connectivity index (χ1) is 15.3. The normalized spacial score (nSPS) is 20.1. The van der Waals surface area contributed by atoms with E-state index in [1.165, 1.54) is 31.2 Å².